The fraction of sp³-hybridized carbons (Fsp3) is 0. The SMILES string of the molecule is Clc1cc2ccc3ccccc3c2c2ccccc12. The topological polar surface area (TPSA) is 0 Å². The van der Waals surface area contributed by atoms with Gasteiger partial charge in [0.15, 0.2) is 0 Å². The highest BCUT2D eigenvalue weighted by Gasteiger charge is 2.07. The third-order valence-electron chi connectivity index (χ3n) is 3.70. The van der Waals surface area contributed by atoms with Gasteiger partial charge in [-0.2, -0.15) is 0 Å². The van der Waals surface area contributed by atoms with Gasteiger partial charge in [-0.25, -0.2) is 0 Å². The van der Waals surface area contributed by atoms with Crippen LogP contribution in [0, 0.1) is 0 Å². The first-order chi connectivity index (χ1) is 9.34. The van der Waals surface area contributed by atoms with Crippen molar-refractivity contribution in [1.82, 2.24) is 0 Å². The molecule has 0 fully saturated rings. The van der Waals surface area contributed by atoms with Crippen LogP contribution in [0.5, 0.6) is 0 Å². The Balaban J connectivity index is 2.39. The van der Waals surface area contributed by atoms with Crippen LogP contribution in [-0.4, -0.2) is 0 Å². The Morgan fingerprint density at radius 2 is 1.21 bits per heavy atom. The lowest BCUT2D eigenvalue weighted by Crippen LogP contribution is -1.82. The van der Waals surface area contributed by atoms with Crippen LogP contribution in [-0.2, 0) is 0 Å². The monoisotopic (exact) mass is 262 g/mol. The van der Waals surface area contributed by atoms with Gasteiger partial charge >= 0.3 is 0 Å². The largest absolute Gasteiger partial charge is 0.0836 e. The summed E-state index contributed by atoms with van der Waals surface area (Å²) in [6.07, 6.45) is 0. The summed E-state index contributed by atoms with van der Waals surface area (Å²) in [5.74, 6) is 0. The molecule has 0 spiro atoms. The third-order valence-corrected chi connectivity index (χ3v) is 4.01. The number of benzene rings is 4. The molecular weight excluding hydrogens is 252 g/mol. The van der Waals surface area contributed by atoms with Gasteiger partial charge < -0.3 is 0 Å². The molecule has 0 bridgehead atoms. The Labute approximate surface area is 116 Å². The minimum absolute atomic E-state index is 0.818. The van der Waals surface area contributed by atoms with Crippen LogP contribution in [0.3, 0.4) is 0 Å². The van der Waals surface area contributed by atoms with E-state index in [0.29, 0.717) is 0 Å². The molecule has 90 valence electrons. The van der Waals surface area contributed by atoms with E-state index >= 15 is 0 Å². The van der Waals surface area contributed by atoms with Gasteiger partial charge in [0.25, 0.3) is 0 Å². The van der Waals surface area contributed by atoms with Crippen LogP contribution in [0.1, 0.15) is 0 Å². The van der Waals surface area contributed by atoms with Crippen molar-refractivity contribution in [3.8, 4) is 0 Å². The molecule has 19 heavy (non-hydrogen) atoms. The second-order valence-electron chi connectivity index (χ2n) is 4.79. The summed E-state index contributed by atoms with van der Waals surface area (Å²) in [6, 6.07) is 23.2. The van der Waals surface area contributed by atoms with Gasteiger partial charge in [-0.3, -0.25) is 0 Å². The number of fused-ring (bicyclic) bond motifs is 5. The van der Waals surface area contributed by atoms with Crippen molar-refractivity contribution < 1.29 is 0 Å². The molecule has 0 aliphatic rings. The fourth-order valence-corrected chi connectivity index (χ4v) is 3.12. The molecule has 0 N–H and O–H groups in total. The maximum atomic E-state index is 6.39. The van der Waals surface area contributed by atoms with E-state index in [-0.39, 0.29) is 0 Å². The van der Waals surface area contributed by atoms with E-state index < -0.39 is 0 Å². The van der Waals surface area contributed by atoms with Gasteiger partial charge in [0.05, 0.1) is 0 Å². The Bertz CT molecular complexity index is 922. The Morgan fingerprint density at radius 3 is 2.05 bits per heavy atom. The van der Waals surface area contributed by atoms with E-state index in [9.17, 15) is 0 Å². The summed E-state index contributed by atoms with van der Waals surface area (Å²) in [5, 5.41) is 8.20. The quantitative estimate of drug-likeness (QED) is 0.351. The Hall–Kier alpha value is -2.05. The van der Waals surface area contributed by atoms with Crippen molar-refractivity contribution in [2.45, 2.75) is 0 Å². The van der Waals surface area contributed by atoms with Crippen molar-refractivity contribution in [2.75, 3.05) is 0 Å². The first kappa shape index (κ1) is 10.8. The molecule has 4 rings (SSSR count). The molecule has 4 aromatic carbocycles. The van der Waals surface area contributed by atoms with Gasteiger partial charge in [0.1, 0.15) is 0 Å². The maximum absolute atomic E-state index is 6.39. The molecule has 4 aromatic rings. The average molecular weight is 263 g/mol. The molecule has 0 unspecified atom stereocenters. The summed E-state index contributed by atoms with van der Waals surface area (Å²) < 4.78 is 0. The van der Waals surface area contributed by atoms with Gasteiger partial charge in [-0.15, -0.1) is 0 Å². The second-order valence-corrected chi connectivity index (χ2v) is 5.20. The molecule has 0 atom stereocenters. The lowest BCUT2D eigenvalue weighted by molar-refractivity contribution is 1.77. The number of hydrogen-bond acceptors (Lipinski definition) is 0. The van der Waals surface area contributed by atoms with E-state index in [1.807, 2.05) is 6.07 Å². The molecule has 0 heterocycles. The maximum Gasteiger partial charge on any atom is 0.0490 e. The molecule has 0 saturated heterocycles. The minimum atomic E-state index is 0.818. The molecule has 0 nitrogen and oxygen atoms in total. The van der Waals surface area contributed by atoms with Crippen molar-refractivity contribution in [3.63, 3.8) is 0 Å². The number of hydrogen-bond donors (Lipinski definition) is 0. The Kier molecular flexibility index (Phi) is 2.27. The summed E-state index contributed by atoms with van der Waals surface area (Å²) in [7, 11) is 0. The van der Waals surface area contributed by atoms with Crippen LogP contribution in [0.2, 0.25) is 5.02 Å². The molecule has 0 saturated carbocycles. The highest BCUT2D eigenvalue weighted by molar-refractivity contribution is 6.38. The molecule has 0 aromatic heterocycles. The van der Waals surface area contributed by atoms with Gasteiger partial charge in [-0.1, -0.05) is 72.3 Å². The van der Waals surface area contributed by atoms with Crippen molar-refractivity contribution in [3.05, 3.63) is 71.8 Å². The summed E-state index contributed by atoms with van der Waals surface area (Å²) in [4.78, 5) is 0. The molecule has 0 aliphatic heterocycles. The van der Waals surface area contributed by atoms with Gasteiger partial charge in [0, 0.05) is 10.4 Å². The predicted octanol–water partition coefficient (Wildman–Crippen LogP) is 5.80. The summed E-state index contributed by atoms with van der Waals surface area (Å²) in [6.45, 7) is 0. The van der Waals surface area contributed by atoms with Crippen LogP contribution >= 0.6 is 11.6 Å². The lowest BCUT2D eigenvalue weighted by atomic mass is 9.96. The van der Waals surface area contributed by atoms with Crippen LogP contribution in [0.25, 0.3) is 32.3 Å². The zero-order valence-electron chi connectivity index (χ0n) is 10.2. The molecule has 1 heteroatoms. The predicted molar refractivity (Wildman–Crippen MR) is 84.0 cm³/mol. The third kappa shape index (κ3) is 1.54. The van der Waals surface area contributed by atoms with Crippen molar-refractivity contribution >= 4 is 43.9 Å². The smallest absolute Gasteiger partial charge is 0.0490 e. The van der Waals surface area contributed by atoms with E-state index in [2.05, 4.69) is 60.7 Å². The first-order valence-electron chi connectivity index (χ1n) is 6.33. The van der Waals surface area contributed by atoms with Crippen LogP contribution in [0.15, 0.2) is 66.7 Å². The van der Waals surface area contributed by atoms with E-state index in [0.717, 1.165) is 10.4 Å². The van der Waals surface area contributed by atoms with Crippen LogP contribution < -0.4 is 0 Å². The highest BCUT2D eigenvalue weighted by Crippen LogP contribution is 2.35. The molecule has 0 radical (unpaired) electrons. The van der Waals surface area contributed by atoms with Gasteiger partial charge in [-0.05, 0) is 33.0 Å². The fourth-order valence-electron chi connectivity index (χ4n) is 2.83. The normalized spacial score (nSPS) is 11.4. The van der Waals surface area contributed by atoms with Gasteiger partial charge in [0.2, 0.25) is 0 Å². The van der Waals surface area contributed by atoms with Crippen LogP contribution in [0.4, 0.5) is 0 Å². The number of halogens is 1. The second kappa shape index (κ2) is 3.97. The first-order valence-corrected chi connectivity index (χ1v) is 6.71. The van der Waals surface area contributed by atoms with E-state index in [1.54, 1.807) is 0 Å². The van der Waals surface area contributed by atoms with E-state index in [1.165, 1.54) is 26.9 Å². The zero-order chi connectivity index (χ0) is 12.8. The van der Waals surface area contributed by atoms with Crippen molar-refractivity contribution in [1.29, 1.82) is 0 Å². The molecular formula is C18H11Cl. The highest BCUT2D eigenvalue weighted by atomic mass is 35.5. The summed E-state index contributed by atoms with van der Waals surface area (Å²) in [5.41, 5.74) is 0. The molecule has 0 amide bonds. The Morgan fingerprint density at radius 1 is 0.579 bits per heavy atom. The van der Waals surface area contributed by atoms with Crippen molar-refractivity contribution in [2.24, 2.45) is 0 Å². The lowest BCUT2D eigenvalue weighted by Gasteiger charge is -2.09. The van der Waals surface area contributed by atoms with E-state index in [4.69, 9.17) is 11.6 Å². The standard InChI is InChI=1S/C18H11Cl/c19-17-11-13-10-9-12-5-1-2-6-14(12)18(13)16-8-4-3-7-15(16)17/h1-11H. The minimum Gasteiger partial charge on any atom is -0.0836 e. The summed E-state index contributed by atoms with van der Waals surface area (Å²) >= 11 is 6.39. The average Bonchev–Trinajstić information content (AvgIpc) is 2.47. The zero-order valence-corrected chi connectivity index (χ0v) is 11.0. The number of rotatable bonds is 0. The molecule has 0 aliphatic carbocycles.